The van der Waals surface area contributed by atoms with Crippen LogP contribution in [0.25, 0.3) is 0 Å². The lowest BCUT2D eigenvalue weighted by molar-refractivity contribution is -0.154. The first-order chi connectivity index (χ1) is 12.3. The zero-order valence-corrected chi connectivity index (χ0v) is 14.8. The summed E-state index contributed by atoms with van der Waals surface area (Å²) in [6.07, 6.45) is 0.531. The van der Waals surface area contributed by atoms with E-state index in [1.807, 2.05) is 0 Å². The minimum Gasteiger partial charge on any atom is -0.328 e. The average Bonchev–Trinajstić information content (AvgIpc) is 2.57. The maximum atomic E-state index is 13.8. The summed E-state index contributed by atoms with van der Waals surface area (Å²) in [4.78, 5) is 26.6. The van der Waals surface area contributed by atoms with Crippen molar-refractivity contribution >= 4 is 29.1 Å². The highest BCUT2D eigenvalue weighted by Crippen LogP contribution is 2.33. The number of carbonyl (C=O) groups is 2. The van der Waals surface area contributed by atoms with E-state index in [-0.39, 0.29) is 18.0 Å². The molecule has 7 heteroatoms. The van der Waals surface area contributed by atoms with Gasteiger partial charge in [-0.2, -0.15) is 0 Å². The summed E-state index contributed by atoms with van der Waals surface area (Å²) in [6.45, 7) is 2.05. The van der Waals surface area contributed by atoms with E-state index in [2.05, 4.69) is 5.32 Å². The molecule has 1 saturated heterocycles. The summed E-state index contributed by atoms with van der Waals surface area (Å²) in [6, 6.07) is 9.92. The fraction of sp³-hybridized carbons (Fsp3) is 0.263. The van der Waals surface area contributed by atoms with Crippen molar-refractivity contribution in [1.29, 1.82) is 0 Å². The second-order valence-corrected chi connectivity index (χ2v) is 6.82. The van der Waals surface area contributed by atoms with E-state index in [1.54, 1.807) is 31.2 Å². The van der Waals surface area contributed by atoms with Gasteiger partial charge in [-0.05, 0) is 37.1 Å². The molecule has 0 bridgehead atoms. The molecule has 2 amide bonds. The summed E-state index contributed by atoms with van der Waals surface area (Å²) in [5, 5.41) is 2.93. The van der Waals surface area contributed by atoms with Gasteiger partial charge in [-0.3, -0.25) is 9.59 Å². The topological polar surface area (TPSA) is 49.4 Å². The zero-order chi connectivity index (χ0) is 18.9. The van der Waals surface area contributed by atoms with Crippen LogP contribution in [0.4, 0.5) is 14.5 Å². The fourth-order valence-electron chi connectivity index (χ4n) is 2.94. The zero-order valence-electron chi connectivity index (χ0n) is 14.1. The first kappa shape index (κ1) is 18.3. The smallest absolute Gasteiger partial charge is 0.250 e. The van der Waals surface area contributed by atoms with E-state index in [1.165, 1.54) is 4.90 Å². The Morgan fingerprint density at radius 3 is 2.58 bits per heavy atom. The minimum absolute atomic E-state index is 0.0768. The van der Waals surface area contributed by atoms with Gasteiger partial charge in [0.2, 0.25) is 11.8 Å². The van der Waals surface area contributed by atoms with Gasteiger partial charge in [-0.1, -0.05) is 29.8 Å². The van der Waals surface area contributed by atoms with Gasteiger partial charge in [-0.15, -0.1) is 0 Å². The number of hydrogen-bond donors (Lipinski definition) is 1. The number of amides is 2. The SMILES string of the molecule is CC1(C(=O)Nc2ccc(F)cc2F)CCN1C(=O)Cc1ccccc1Cl. The van der Waals surface area contributed by atoms with E-state index in [0.29, 0.717) is 29.6 Å². The number of rotatable bonds is 4. The maximum absolute atomic E-state index is 13.8. The molecule has 1 heterocycles. The molecule has 2 aromatic rings. The lowest BCUT2D eigenvalue weighted by atomic mass is 9.84. The van der Waals surface area contributed by atoms with Gasteiger partial charge < -0.3 is 10.2 Å². The highest BCUT2D eigenvalue weighted by atomic mass is 35.5. The van der Waals surface area contributed by atoms with Crippen molar-refractivity contribution < 1.29 is 18.4 Å². The molecule has 1 unspecified atom stereocenters. The highest BCUT2D eigenvalue weighted by Gasteiger charge is 2.49. The lowest BCUT2D eigenvalue weighted by Crippen LogP contribution is -2.66. The van der Waals surface area contributed by atoms with E-state index in [0.717, 1.165) is 12.1 Å². The van der Waals surface area contributed by atoms with Crippen LogP contribution in [0.5, 0.6) is 0 Å². The normalized spacial score (nSPS) is 19.0. The highest BCUT2D eigenvalue weighted by molar-refractivity contribution is 6.31. The lowest BCUT2D eigenvalue weighted by Gasteiger charge is -2.49. The third-order valence-corrected chi connectivity index (χ3v) is 5.06. The first-order valence-corrected chi connectivity index (χ1v) is 8.49. The van der Waals surface area contributed by atoms with Crippen LogP contribution in [0.3, 0.4) is 0 Å². The van der Waals surface area contributed by atoms with Gasteiger partial charge in [0.15, 0.2) is 0 Å². The van der Waals surface area contributed by atoms with Crippen molar-refractivity contribution in [3.8, 4) is 0 Å². The van der Waals surface area contributed by atoms with Gasteiger partial charge in [-0.25, -0.2) is 8.78 Å². The van der Waals surface area contributed by atoms with Crippen molar-refractivity contribution in [2.75, 3.05) is 11.9 Å². The maximum Gasteiger partial charge on any atom is 0.250 e. The predicted octanol–water partition coefficient (Wildman–Crippen LogP) is 3.79. The number of nitrogens with one attached hydrogen (secondary N) is 1. The fourth-order valence-corrected chi connectivity index (χ4v) is 3.15. The van der Waals surface area contributed by atoms with Gasteiger partial charge >= 0.3 is 0 Å². The summed E-state index contributed by atoms with van der Waals surface area (Å²) in [5.74, 6) is -2.34. The Morgan fingerprint density at radius 2 is 1.96 bits per heavy atom. The van der Waals surface area contributed by atoms with Gasteiger partial charge in [0, 0.05) is 17.6 Å². The predicted molar refractivity (Wildman–Crippen MR) is 94.9 cm³/mol. The summed E-state index contributed by atoms with van der Waals surface area (Å²) in [5.41, 5.74) is -0.527. The van der Waals surface area contributed by atoms with E-state index >= 15 is 0 Å². The Balaban J connectivity index is 1.72. The first-order valence-electron chi connectivity index (χ1n) is 8.11. The molecule has 3 rings (SSSR count). The molecule has 4 nitrogen and oxygen atoms in total. The Labute approximate surface area is 154 Å². The molecule has 1 fully saturated rings. The van der Waals surface area contributed by atoms with E-state index in [4.69, 9.17) is 11.6 Å². The van der Waals surface area contributed by atoms with Crippen LogP contribution in [-0.2, 0) is 16.0 Å². The van der Waals surface area contributed by atoms with Crippen molar-refractivity contribution in [3.63, 3.8) is 0 Å². The molecule has 0 saturated carbocycles. The molecular weight excluding hydrogens is 362 g/mol. The molecule has 2 aromatic carbocycles. The van der Waals surface area contributed by atoms with Crippen LogP contribution in [-0.4, -0.2) is 28.8 Å². The van der Waals surface area contributed by atoms with Gasteiger partial charge in [0.1, 0.15) is 17.2 Å². The molecular formula is C19H17ClF2N2O2. The second kappa shape index (κ2) is 7.03. The molecule has 136 valence electrons. The standard InChI is InChI=1S/C19H17ClF2N2O2/c1-19(18(26)23-16-7-6-13(21)11-15(16)22)8-9-24(19)17(25)10-12-4-2-3-5-14(12)20/h2-7,11H,8-10H2,1H3,(H,23,26). The number of nitrogens with zero attached hydrogens (tertiary/aromatic N) is 1. The monoisotopic (exact) mass is 378 g/mol. The van der Waals surface area contributed by atoms with Crippen molar-refractivity contribution in [2.45, 2.75) is 25.3 Å². The number of anilines is 1. The van der Waals surface area contributed by atoms with Crippen LogP contribution < -0.4 is 5.32 Å². The number of halogens is 3. The largest absolute Gasteiger partial charge is 0.328 e. The number of carbonyl (C=O) groups excluding carboxylic acids is 2. The van der Waals surface area contributed by atoms with Crippen LogP contribution >= 0.6 is 11.6 Å². The molecule has 0 aromatic heterocycles. The Kier molecular flexibility index (Phi) is 4.96. The van der Waals surface area contributed by atoms with Gasteiger partial charge in [0.25, 0.3) is 0 Å². The molecule has 0 radical (unpaired) electrons. The molecule has 0 spiro atoms. The Morgan fingerprint density at radius 1 is 1.23 bits per heavy atom. The molecule has 1 N–H and O–H groups in total. The van der Waals surface area contributed by atoms with Crippen molar-refractivity contribution in [1.82, 2.24) is 4.90 Å². The number of benzene rings is 2. The third-order valence-electron chi connectivity index (χ3n) is 4.69. The summed E-state index contributed by atoms with van der Waals surface area (Å²) in [7, 11) is 0. The molecule has 26 heavy (non-hydrogen) atoms. The average molecular weight is 379 g/mol. The number of likely N-dealkylation sites (tertiary alicyclic amines) is 1. The summed E-state index contributed by atoms with van der Waals surface area (Å²) < 4.78 is 26.7. The van der Waals surface area contributed by atoms with E-state index < -0.39 is 23.1 Å². The van der Waals surface area contributed by atoms with Gasteiger partial charge in [0.05, 0.1) is 12.1 Å². The molecule has 0 aliphatic carbocycles. The molecule has 1 atom stereocenters. The van der Waals surface area contributed by atoms with Crippen LogP contribution in [0.2, 0.25) is 5.02 Å². The number of hydrogen-bond acceptors (Lipinski definition) is 2. The molecule has 1 aliphatic heterocycles. The second-order valence-electron chi connectivity index (χ2n) is 6.42. The van der Waals surface area contributed by atoms with Crippen LogP contribution in [0.15, 0.2) is 42.5 Å². The van der Waals surface area contributed by atoms with E-state index in [9.17, 15) is 18.4 Å². The van der Waals surface area contributed by atoms with Crippen molar-refractivity contribution in [3.05, 3.63) is 64.7 Å². The van der Waals surface area contributed by atoms with Crippen molar-refractivity contribution in [2.24, 2.45) is 0 Å². The van der Waals surface area contributed by atoms with Crippen LogP contribution in [0, 0.1) is 11.6 Å². The summed E-state index contributed by atoms with van der Waals surface area (Å²) >= 11 is 6.08. The quantitative estimate of drug-likeness (QED) is 0.880. The Bertz CT molecular complexity index is 874. The minimum atomic E-state index is -1.08. The molecule has 1 aliphatic rings. The third kappa shape index (κ3) is 3.42. The Hall–Kier alpha value is -2.47. The van der Waals surface area contributed by atoms with Crippen LogP contribution in [0.1, 0.15) is 18.9 Å².